The van der Waals surface area contributed by atoms with Crippen molar-refractivity contribution in [2.45, 2.75) is 27.7 Å². The third-order valence-corrected chi connectivity index (χ3v) is 6.21. The van der Waals surface area contributed by atoms with Crippen LogP contribution in [-0.4, -0.2) is 16.5 Å². The third kappa shape index (κ3) is 3.15. The van der Waals surface area contributed by atoms with Gasteiger partial charge in [0.25, 0.3) is 0 Å². The Balaban J connectivity index is 2.00. The normalized spacial score (nSPS) is 11.3. The lowest BCUT2D eigenvalue weighted by Gasteiger charge is -2.15. The number of para-hydroxylation sites is 1. The number of aromatic nitrogens is 2. The van der Waals surface area contributed by atoms with E-state index in [0.717, 1.165) is 27.4 Å². The molecule has 0 aliphatic heterocycles. The molecule has 0 radical (unpaired) electrons. The van der Waals surface area contributed by atoms with Crippen molar-refractivity contribution in [2.75, 3.05) is 12.4 Å². The van der Waals surface area contributed by atoms with Crippen LogP contribution in [0, 0.1) is 39.3 Å². The minimum Gasteiger partial charge on any atom is -0.497 e. The second-order valence-electron chi connectivity index (χ2n) is 7.03. The van der Waals surface area contributed by atoms with Gasteiger partial charge in [-0.2, -0.15) is 0 Å². The number of rotatable bonds is 4. The largest absolute Gasteiger partial charge is 0.497 e. The molecule has 0 saturated heterocycles. The van der Waals surface area contributed by atoms with Crippen molar-refractivity contribution < 1.29 is 13.5 Å². The van der Waals surface area contributed by atoms with Crippen LogP contribution in [0.15, 0.2) is 30.3 Å². The first-order chi connectivity index (χ1) is 13.8. The molecule has 0 aliphatic carbocycles. The summed E-state index contributed by atoms with van der Waals surface area (Å²) < 4.78 is 36.7. The van der Waals surface area contributed by atoms with Crippen molar-refractivity contribution in [2.24, 2.45) is 0 Å². The Morgan fingerprint density at radius 2 is 1.66 bits per heavy atom. The number of halogens is 2. The molecule has 0 unspecified atom stereocenters. The number of ether oxygens (including phenoxy) is 1. The van der Waals surface area contributed by atoms with Crippen LogP contribution in [0.2, 0.25) is 0 Å². The van der Waals surface area contributed by atoms with Crippen molar-refractivity contribution in [3.8, 4) is 17.0 Å². The van der Waals surface area contributed by atoms with Crippen LogP contribution in [0.4, 0.5) is 20.3 Å². The average molecular weight is 413 g/mol. The number of methoxy groups -OCH3 is 1. The highest BCUT2D eigenvalue weighted by molar-refractivity contribution is 7.17. The van der Waals surface area contributed by atoms with Crippen LogP contribution in [0.1, 0.15) is 21.7 Å². The predicted octanol–water partition coefficient (Wildman–Crippen LogP) is 6.33. The Hall–Kier alpha value is -2.93. The van der Waals surface area contributed by atoms with Crippen LogP contribution in [0.5, 0.6) is 5.75 Å². The van der Waals surface area contributed by atoms with Crippen molar-refractivity contribution in [3.05, 3.63) is 63.7 Å². The van der Waals surface area contributed by atoms with Gasteiger partial charge in [-0.1, -0.05) is 18.2 Å². The average Bonchev–Trinajstić information content (AvgIpc) is 3.14. The van der Waals surface area contributed by atoms with Gasteiger partial charge in [-0.05, 0) is 38.8 Å². The maximum Gasteiger partial charge on any atom is 0.196 e. The maximum absolute atomic E-state index is 14.9. The number of aryl methyl sites for hydroxylation is 4. The molecule has 29 heavy (non-hydrogen) atoms. The maximum atomic E-state index is 14.9. The summed E-state index contributed by atoms with van der Waals surface area (Å²) in [6, 6.07) is 8.31. The third-order valence-electron chi connectivity index (χ3n) is 5.15. The molecule has 2 heterocycles. The molecule has 1 N–H and O–H groups in total. The highest BCUT2D eigenvalue weighted by atomic mass is 32.1. The molecule has 4 rings (SSSR count). The fraction of sp³-hybridized carbons (Fsp3) is 0.227. The number of hydrogen-bond donors (Lipinski definition) is 1. The molecule has 7 heteroatoms. The smallest absolute Gasteiger partial charge is 0.196 e. The summed E-state index contributed by atoms with van der Waals surface area (Å²) in [5, 5.41) is 3.41. The fourth-order valence-electron chi connectivity index (χ4n) is 3.46. The van der Waals surface area contributed by atoms with E-state index >= 15 is 0 Å². The van der Waals surface area contributed by atoms with Crippen LogP contribution in [0.25, 0.3) is 16.2 Å². The Morgan fingerprint density at radius 3 is 2.24 bits per heavy atom. The summed E-state index contributed by atoms with van der Waals surface area (Å²) in [7, 11) is 1.38. The lowest BCUT2D eigenvalue weighted by molar-refractivity contribution is 0.407. The van der Waals surface area contributed by atoms with E-state index in [9.17, 15) is 8.78 Å². The second-order valence-corrected chi connectivity index (χ2v) is 8.21. The topological polar surface area (TPSA) is 38.6 Å². The number of imidazole rings is 1. The molecule has 0 fully saturated rings. The standard InChI is InChI=1S/C22H21F2N3OS/c1-11-7-6-8-12(2)19(11)25-21-20(26-22-27(21)13(3)14(4)29-22)18-16(23)9-15(28-5)10-17(18)24/h6-10,25H,1-5H3. The van der Waals surface area contributed by atoms with Gasteiger partial charge in [0.1, 0.15) is 28.9 Å². The predicted molar refractivity (Wildman–Crippen MR) is 114 cm³/mol. The summed E-state index contributed by atoms with van der Waals surface area (Å²) in [6.07, 6.45) is 0. The zero-order valence-corrected chi connectivity index (χ0v) is 17.7. The molecule has 0 saturated carbocycles. The van der Waals surface area contributed by atoms with Crippen molar-refractivity contribution in [3.63, 3.8) is 0 Å². The van der Waals surface area contributed by atoms with E-state index in [1.807, 2.05) is 50.3 Å². The SMILES string of the molecule is COc1cc(F)c(-c2nc3sc(C)c(C)n3c2Nc2c(C)cccc2C)c(F)c1. The van der Waals surface area contributed by atoms with Gasteiger partial charge in [-0.25, -0.2) is 13.8 Å². The van der Waals surface area contributed by atoms with Gasteiger partial charge in [0.15, 0.2) is 4.96 Å². The Labute approximate surface area is 171 Å². The zero-order valence-electron chi connectivity index (χ0n) is 16.9. The van der Waals surface area contributed by atoms with Crippen LogP contribution < -0.4 is 10.1 Å². The molecule has 0 spiro atoms. The molecule has 2 aromatic carbocycles. The molecule has 0 amide bonds. The van der Waals surface area contributed by atoms with Gasteiger partial charge in [0, 0.05) is 28.4 Å². The van der Waals surface area contributed by atoms with Gasteiger partial charge in [-0.3, -0.25) is 4.40 Å². The van der Waals surface area contributed by atoms with Gasteiger partial charge < -0.3 is 10.1 Å². The minimum atomic E-state index is -0.716. The summed E-state index contributed by atoms with van der Waals surface area (Å²) in [5.41, 5.74) is 4.00. The quantitative estimate of drug-likeness (QED) is 0.425. The highest BCUT2D eigenvalue weighted by Crippen LogP contribution is 2.39. The first kappa shape index (κ1) is 19.4. The molecule has 0 atom stereocenters. The van der Waals surface area contributed by atoms with Crippen molar-refractivity contribution in [1.82, 2.24) is 9.38 Å². The van der Waals surface area contributed by atoms with Crippen LogP contribution in [0.3, 0.4) is 0 Å². The summed E-state index contributed by atoms with van der Waals surface area (Å²) in [5.74, 6) is -0.763. The molecule has 4 aromatic rings. The first-order valence-corrected chi connectivity index (χ1v) is 9.98. The molecular formula is C22H21F2N3OS. The number of thiazole rings is 1. The van der Waals surface area contributed by atoms with Crippen LogP contribution >= 0.6 is 11.3 Å². The zero-order chi connectivity index (χ0) is 20.9. The molecular weight excluding hydrogens is 392 g/mol. The van der Waals surface area contributed by atoms with E-state index in [4.69, 9.17) is 4.74 Å². The molecule has 0 bridgehead atoms. The van der Waals surface area contributed by atoms with E-state index in [2.05, 4.69) is 10.3 Å². The number of fused-ring (bicyclic) bond motifs is 1. The number of benzene rings is 2. The summed E-state index contributed by atoms with van der Waals surface area (Å²) in [4.78, 5) is 6.37. The number of nitrogens with zero attached hydrogens (tertiary/aromatic N) is 2. The van der Waals surface area contributed by atoms with E-state index in [-0.39, 0.29) is 17.0 Å². The summed E-state index contributed by atoms with van der Waals surface area (Å²) in [6.45, 7) is 7.97. The first-order valence-electron chi connectivity index (χ1n) is 9.17. The molecule has 150 valence electrons. The van der Waals surface area contributed by atoms with Gasteiger partial charge in [0.05, 0.1) is 12.7 Å². The summed E-state index contributed by atoms with van der Waals surface area (Å²) >= 11 is 1.49. The van der Waals surface area contributed by atoms with Crippen molar-refractivity contribution in [1.29, 1.82) is 0 Å². The fourth-order valence-corrected chi connectivity index (χ4v) is 4.43. The minimum absolute atomic E-state index is 0.126. The van der Waals surface area contributed by atoms with Gasteiger partial charge in [0.2, 0.25) is 0 Å². The lowest BCUT2D eigenvalue weighted by Crippen LogP contribution is -2.03. The van der Waals surface area contributed by atoms with Crippen molar-refractivity contribution >= 4 is 27.8 Å². The molecule has 0 aliphatic rings. The second kappa shape index (κ2) is 7.15. The highest BCUT2D eigenvalue weighted by Gasteiger charge is 2.25. The van der Waals surface area contributed by atoms with Crippen LogP contribution in [-0.2, 0) is 0 Å². The van der Waals surface area contributed by atoms with E-state index in [1.165, 1.54) is 30.6 Å². The van der Waals surface area contributed by atoms with E-state index in [0.29, 0.717) is 10.8 Å². The Morgan fingerprint density at radius 1 is 1.03 bits per heavy atom. The lowest BCUT2D eigenvalue weighted by atomic mass is 10.1. The monoisotopic (exact) mass is 413 g/mol. The van der Waals surface area contributed by atoms with E-state index < -0.39 is 11.6 Å². The molecule has 4 nitrogen and oxygen atoms in total. The van der Waals surface area contributed by atoms with E-state index in [1.54, 1.807) is 0 Å². The number of nitrogens with one attached hydrogen (secondary N) is 1. The van der Waals surface area contributed by atoms with Gasteiger partial charge >= 0.3 is 0 Å². The Bertz CT molecular complexity index is 1200. The molecule has 2 aromatic heterocycles. The number of hydrogen-bond acceptors (Lipinski definition) is 4. The number of anilines is 2. The Kier molecular flexibility index (Phi) is 4.78. The van der Waals surface area contributed by atoms with Gasteiger partial charge in [-0.15, -0.1) is 11.3 Å².